The number of nitrogens with two attached hydrogens (primary N) is 2. The molecule has 1 saturated carbocycles. The van der Waals surface area contributed by atoms with Gasteiger partial charge in [-0.3, -0.25) is 14.4 Å². The summed E-state index contributed by atoms with van der Waals surface area (Å²) in [5.74, 6) is -0.609. The number of carbonyl (C=O) groups is 3. The lowest BCUT2D eigenvalue weighted by Crippen LogP contribution is -2.33. The lowest BCUT2D eigenvalue weighted by molar-refractivity contribution is -0.148. The maximum Gasteiger partial charge on any atom is 0.319 e. The van der Waals surface area contributed by atoms with Crippen molar-refractivity contribution >= 4 is 23.3 Å². The normalized spacial score (nSPS) is 22.6. The Morgan fingerprint density at radius 3 is 2.56 bits per heavy atom. The molecule has 8 nitrogen and oxygen atoms in total. The quantitative estimate of drug-likeness (QED) is 0.530. The number of benzene rings is 1. The standard InChI is InChI=1S/C28H36N4O4/c1-28(2)13-23-26(24(33)14-28)20-4-3-5-22(20)32(23)17-8-11-19(27(30)35)21(12-17)31-16-6-9-18(10-7-16)36-25(34)15-29/h8,11-12,16,18,31H,3-7,9-10,13-15,29H2,1-2H3,(H2,30,35). The van der Waals surface area contributed by atoms with Crippen LogP contribution in [-0.2, 0) is 28.8 Å². The van der Waals surface area contributed by atoms with Gasteiger partial charge in [-0.15, -0.1) is 0 Å². The molecule has 5 rings (SSSR count). The number of primary amides is 1. The van der Waals surface area contributed by atoms with Gasteiger partial charge in [0.25, 0.3) is 5.91 Å². The van der Waals surface area contributed by atoms with E-state index in [2.05, 4.69) is 23.7 Å². The molecule has 3 aliphatic rings. The van der Waals surface area contributed by atoms with Crippen molar-refractivity contribution in [3.63, 3.8) is 0 Å². The molecule has 0 saturated heterocycles. The first-order chi connectivity index (χ1) is 17.2. The van der Waals surface area contributed by atoms with Gasteiger partial charge in [0.2, 0.25) is 0 Å². The molecule has 1 fully saturated rings. The van der Waals surface area contributed by atoms with Crippen molar-refractivity contribution in [2.24, 2.45) is 16.9 Å². The number of anilines is 1. The number of ketones is 1. The van der Waals surface area contributed by atoms with Gasteiger partial charge in [-0.25, -0.2) is 0 Å². The van der Waals surface area contributed by atoms with E-state index in [1.165, 1.54) is 11.3 Å². The number of hydrogen-bond donors (Lipinski definition) is 3. The van der Waals surface area contributed by atoms with Crippen molar-refractivity contribution in [3.8, 4) is 5.69 Å². The molecule has 5 N–H and O–H groups in total. The minimum absolute atomic E-state index is 0.0891. The summed E-state index contributed by atoms with van der Waals surface area (Å²) in [5.41, 5.74) is 17.6. The molecule has 0 unspecified atom stereocenters. The SMILES string of the molecule is CC1(C)CC(=O)c2c3c(n(-c4ccc(C(N)=O)c(NC5CCC(OC(=O)CN)CC5)c4)c2C1)CCC3. The molecule has 0 aliphatic heterocycles. The smallest absolute Gasteiger partial charge is 0.319 e. The van der Waals surface area contributed by atoms with Crippen LogP contribution in [0.2, 0.25) is 0 Å². The number of fused-ring (bicyclic) bond motifs is 3. The minimum Gasteiger partial charge on any atom is -0.461 e. The second kappa shape index (κ2) is 9.39. The summed E-state index contributed by atoms with van der Waals surface area (Å²) < 4.78 is 7.67. The van der Waals surface area contributed by atoms with Gasteiger partial charge in [0.15, 0.2) is 5.78 Å². The van der Waals surface area contributed by atoms with Crippen molar-refractivity contribution in [2.45, 2.75) is 83.8 Å². The van der Waals surface area contributed by atoms with Crippen molar-refractivity contribution in [1.29, 1.82) is 0 Å². The molecule has 3 aliphatic carbocycles. The molecule has 1 amide bonds. The number of Topliss-reactive ketones (excluding diaryl/α,β-unsaturated/α-hetero) is 1. The second-order valence-electron chi connectivity index (χ2n) is 11.3. The van der Waals surface area contributed by atoms with Crippen LogP contribution >= 0.6 is 0 Å². The van der Waals surface area contributed by atoms with Gasteiger partial charge >= 0.3 is 5.97 Å². The van der Waals surface area contributed by atoms with Crippen LogP contribution in [-0.4, -0.2) is 40.9 Å². The summed E-state index contributed by atoms with van der Waals surface area (Å²) >= 11 is 0. The summed E-state index contributed by atoms with van der Waals surface area (Å²) in [6, 6.07) is 5.87. The Balaban J connectivity index is 1.46. The molecule has 1 heterocycles. The number of rotatable bonds is 6. The van der Waals surface area contributed by atoms with E-state index in [1.807, 2.05) is 12.1 Å². The molecule has 2 aromatic rings. The average Bonchev–Trinajstić information content (AvgIpc) is 3.39. The number of hydrogen-bond acceptors (Lipinski definition) is 6. The van der Waals surface area contributed by atoms with Crippen LogP contribution in [0, 0.1) is 5.41 Å². The highest BCUT2D eigenvalue weighted by Crippen LogP contribution is 2.43. The third kappa shape index (κ3) is 4.54. The van der Waals surface area contributed by atoms with Crippen LogP contribution in [0.5, 0.6) is 0 Å². The number of ether oxygens (including phenoxy) is 1. The predicted octanol–water partition coefficient (Wildman–Crippen LogP) is 3.45. The lowest BCUT2D eigenvalue weighted by atomic mass is 9.75. The Labute approximate surface area is 211 Å². The van der Waals surface area contributed by atoms with Crippen molar-refractivity contribution in [2.75, 3.05) is 11.9 Å². The maximum atomic E-state index is 13.2. The van der Waals surface area contributed by atoms with Gasteiger partial charge in [-0.2, -0.15) is 0 Å². The molecular weight excluding hydrogens is 456 g/mol. The molecule has 0 spiro atoms. The summed E-state index contributed by atoms with van der Waals surface area (Å²) in [7, 11) is 0. The second-order valence-corrected chi connectivity index (χ2v) is 11.3. The molecule has 8 heteroatoms. The zero-order valence-corrected chi connectivity index (χ0v) is 21.2. The van der Waals surface area contributed by atoms with Gasteiger partial charge < -0.3 is 26.1 Å². The maximum absolute atomic E-state index is 13.2. The fraction of sp³-hybridized carbons (Fsp3) is 0.536. The van der Waals surface area contributed by atoms with Gasteiger partial charge in [-0.1, -0.05) is 13.8 Å². The Hall–Kier alpha value is -3.13. The van der Waals surface area contributed by atoms with E-state index < -0.39 is 5.91 Å². The van der Waals surface area contributed by atoms with Crippen LogP contribution in [0.3, 0.4) is 0 Å². The van der Waals surface area contributed by atoms with Gasteiger partial charge in [0.05, 0.1) is 12.1 Å². The zero-order valence-electron chi connectivity index (χ0n) is 21.2. The first-order valence-electron chi connectivity index (χ1n) is 13.1. The Kier molecular flexibility index (Phi) is 6.41. The molecule has 36 heavy (non-hydrogen) atoms. The van der Waals surface area contributed by atoms with Crippen LogP contribution in [0.1, 0.15) is 90.0 Å². The summed E-state index contributed by atoms with van der Waals surface area (Å²) in [6.07, 6.45) is 7.34. The number of aromatic nitrogens is 1. The summed E-state index contributed by atoms with van der Waals surface area (Å²) in [6.45, 7) is 4.20. The van der Waals surface area contributed by atoms with E-state index in [4.69, 9.17) is 16.2 Å². The number of nitrogens with one attached hydrogen (secondary N) is 1. The molecular formula is C28H36N4O4. The van der Waals surface area contributed by atoms with Gasteiger partial charge in [0, 0.05) is 40.8 Å². The fourth-order valence-electron chi connectivity index (χ4n) is 6.32. The van der Waals surface area contributed by atoms with Crippen molar-refractivity contribution < 1.29 is 19.1 Å². The molecule has 192 valence electrons. The van der Waals surface area contributed by atoms with E-state index in [0.29, 0.717) is 17.7 Å². The number of nitrogens with zero attached hydrogens (tertiary/aromatic N) is 1. The Bertz CT molecular complexity index is 1220. The van der Waals surface area contributed by atoms with Gasteiger partial charge in [-0.05, 0) is 80.5 Å². The third-order valence-corrected chi connectivity index (χ3v) is 7.91. The molecule has 0 atom stereocenters. The van der Waals surface area contributed by atoms with Crippen LogP contribution in [0.15, 0.2) is 18.2 Å². The van der Waals surface area contributed by atoms with Crippen molar-refractivity contribution in [1.82, 2.24) is 4.57 Å². The third-order valence-electron chi connectivity index (χ3n) is 7.91. The van der Waals surface area contributed by atoms with E-state index in [1.54, 1.807) is 6.07 Å². The largest absolute Gasteiger partial charge is 0.461 e. The average molecular weight is 493 g/mol. The van der Waals surface area contributed by atoms with E-state index >= 15 is 0 Å². The molecule has 0 radical (unpaired) electrons. The van der Waals surface area contributed by atoms with Gasteiger partial charge in [0.1, 0.15) is 6.10 Å². The molecule has 1 aromatic heterocycles. The highest BCUT2D eigenvalue weighted by Gasteiger charge is 2.39. The number of amides is 1. The topological polar surface area (TPSA) is 129 Å². The Morgan fingerprint density at radius 1 is 1.11 bits per heavy atom. The molecule has 1 aromatic carbocycles. The summed E-state index contributed by atoms with van der Waals surface area (Å²) in [5, 5.41) is 3.55. The van der Waals surface area contributed by atoms with Crippen LogP contribution in [0.4, 0.5) is 5.69 Å². The first-order valence-corrected chi connectivity index (χ1v) is 13.1. The summed E-state index contributed by atoms with van der Waals surface area (Å²) in [4.78, 5) is 37.0. The Morgan fingerprint density at radius 2 is 1.86 bits per heavy atom. The van der Waals surface area contributed by atoms with E-state index in [9.17, 15) is 14.4 Å². The minimum atomic E-state index is -0.481. The van der Waals surface area contributed by atoms with E-state index in [-0.39, 0.29) is 35.9 Å². The van der Waals surface area contributed by atoms with Crippen LogP contribution in [0.25, 0.3) is 5.69 Å². The fourth-order valence-corrected chi connectivity index (χ4v) is 6.32. The highest BCUT2D eigenvalue weighted by molar-refractivity contribution is 6.01. The highest BCUT2D eigenvalue weighted by atomic mass is 16.5. The molecule has 0 bridgehead atoms. The number of carbonyl (C=O) groups excluding carboxylic acids is 3. The monoisotopic (exact) mass is 492 g/mol. The zero-order chi connectivity index (χ0) is 25.6. The first kappa shape index (κ1) is 24.6. The van der Waals surface area contributed by atoms with E-state index in [0.717, 1.165) is 68.3 Å². The van der Waals surface area contributed by atoms with Crippen LogP contribution < -0.4 is 16.8 Å². The number of esters is 1. The van der Waals surface area contributed by atoms with Crippen molar-refractivity contribution in [3.05, 3.63) is 46.3 Å². The lowest BCUT2D eigenvalue weighted by Gasteiger charge is -2.31. The predicted molar refractivity (Wildman–Crippen MR) is 138 cm³/mol.